The summed E-state index contributed by atoms with van der Waals surface area (Å²) in [5, 5.41) is 9.60. The highest BCUT2D eigenvalue weighted by Crippen LogP contribution is 2.31. The number of carbonyl (C=O) groups excluding carboxylic acids is 1. The molecule has 0 saturated heterocycles. The van der Waals surface area contributed by atoms with Gasteiger partial charge in [0.2, 0.25) is 0 Å². The van der Waals surface area contributed by atoms with Crippen molar-refractivity contribution in [2.45, 2.75) is 25.3 Å². The third-order valence-electron chi connectivity index (χ3n) is 4.14. The lowest BCUT2D eigenvalue weighted by Gasteiger charge is -2.24. The molecule has 1 amide bonds. The molecule has 116 valence electrons. The summed E-state index contributed by atoms with van der Waals surface area (Å²) in [5.41, 5.74) is 3.31. The van der Waals surface area contributed by atoms with Crippen LogP contribution in [0.15, 0.2) is 48.2 Å². The van der Waals surface area contributed by atoms with Gasteiger partial charge < -0.3 is 5.32 Å². The lowest BCUT2D eigenvalue weighted by Crippen LogP contribution is -2.30. The molecular formula is C17H16N4OS. The van der Waals surface area contributed by atoms with Gasteiger partial charge in [-0.05, 0) is 42.8 Å². The summed E-state index contributed by atoms with van der Waals surface area (Å²) in [7, 11) is 0. The quantitative estimate of drug-likeness (QED) is 0.805. The topological polar surface area (TPSA) is 59.8 Å². The molecule has 0 saturated carbocycles. The molecule has 3 heterocycles. The Labute approximate surface area is 138 Å². The molecule has 1 aliphatic carbocycles. The molecule has 3 aromatic heterocycles. The maximum Gasteiger partial charge on any atom is 0.261 e. The van der Waals surface area contributed by atoms with E-state index in [0.29, 0.717) is 0 Å². The van der Waals surface area contributed by atoms with Gasteiger partial charge in [-0.15, -0.1) is 11.3 Å². The molecule has 5 nitrogen and oxygen atoms in total. The fourth-order valence-corrected chi connectivity index (χ4v) is 3.68. The van der Waals surface area contributed by atoms with Crippen molar-refractivity contribution in [3.63, 3.8) is 0 Å². The summed E-state index contributed by atoms with van der Waals surface area (Å²) in [4.78, 5) is 17.1. The third-order valence-corrected chi connectivity index (χ3v) is 5.01. The zero-order chi connectivity index (χ0) is 15.6. The molecule has 1 aliphatic rings. The smallest absolute Gasteiger partial charge is 0.261 e. The Morgan fingerprint density at radius 3 is 2.96 bits per heavy atom. The number of nitrogens with one attached hydrogen (secondary N) is 1. The molecule has 6 heteroatoms. The minimum atomic E-state index is -0.00508. The van der Waals surface area contributed by atoms with Gasteiger partial charge in [-0.2, -0.15) is 5.10 Å². The standard InChI is InChI=1S/C17H16N4OS/c22-17(16-5-2-10-23-16)20-14-3-1-4-15-13(14)11-19-21(15)12-6-8-18-9-7-12/h2,5-11,14H,1,3-4H2,(H,20,22). The summed E-state index contributed by atoms with van der Waals surface area (Å²) < 4.78 is 1.96. The first kappa shape index (κ1) is 14.1. The fourth-order valence-electron chi connectivity index (χ4n) is 3.05. The van der Waals surface area contributed by atoms with Crippen LogP contribution in [0.4, 0.5) is 0 Å². The Morgan fingerprint density at radius 1 is 1.30 bits per heavy atom. The highest BCUT2D eigenvalue weighted by atomic mass is 32.1. The van der Waals surface area contributed by atoms with Crippen molar-refractivity contribution in [1.29, 1.82) is 0 Å². The number of fused-ring (bicyclic) bond motifs is 1. The number of pyridine rings is 1. The van der Waals surface area contributed by atoms with Crippen LogP contribution in [0.1, 0.15) is 39.8 Å². The van der Waals surface area contributed by atoms with Crippen LogP contribution in [0.3, 0.4) is 0 Å². The number of rotatable bonds is 3. The molecule has 0 aliphatic heterocycles. The normalized spacial score (nSPS) is 16.8. The van der Waals surface area contributed by atoms with Crippen LogP contribution in [0, 0.1) is 0 Å². The van der Waals surface area contributed by atoms with Gasteiger partial charge in [-0.3, -0.25) is 9.78 Å². The van der Waals surface area contributed by atoms with Crippen molar-refractivity contribution >= 4 is 17.2 Å². The Kier molecular flexibility index (Phi) is 3.67. The average molecular weight is 324 g/mol. The van der Waals surface area contributed by atoms with E-state index < -0.39 is 0 Å². The minimum Gasteiger partial charge on any atom is -0.344 e. The zero-order valence-corrected chi connectivity index (χ0v) is 13.3. The van der Waals surface area contributed by atoms with E-state index in [9.17, 15) is 4.79 Å². The van der Waals surface area contributed by atoms with Crippen LogP contribution in [0.25, 0.3) is 5.69 Å². The number of hydrogen-bond acceptors (Lipinski definition) is 4. The van der Waals surface area contributed by atoms with Crippen molar-refractivity contribution in [1.82, 2.24) is 20.1 Å². The molecule has 23 heavy (non-hydrogen) atoms. The van der Waals surface area contributed by atoms with Gasteiger partial charge in [0.05, 0.1) is 22.8 Å². The lowest BCUT2D eigenvalue weighted by molar-refractivity contribution is 0.0937. The van der Waals surface area contributed by atoms with Crippen LogP contribution < -0.4 is 5.32 Å². The van der Waals surface area contributed by atoms with Crippen molar-refractivity contribution in [3.8, 4) is 5.69 Å². The molecule has 0 aromatic carbocycles. The predicted molar refractivity (Wildman–Crippen MR) is 88.8 cm³/mol. The predicted octanol–water partition coefficient (Wildman–Crippen LogP) is 3.14. The van der Waals surface area contributed by atoms with Gasteiger partial charge >= 0.3 is 0 Å². The monoisotopic (exact) mass is 324 g/mol. The number of aromatic nitrogens is 3. The Hall–Kier alpha value is -2.47. The molecule has 1 unspecified atom stereocenters. The van der Waals surface area contributed by atoms with Crippen LogP contribution >= 0.6 is 11.3 Å². The molecule has 3 aromatic rings. The van der Waals surface area contributed by atoms with Crippen molar-refractivity contribution in [3.05, 3.63) is 64.4 Å². The molecule has 0 radical (unpaired) electrons. The first-order valence-electron chi connectivity index (χ1n) is 7.64. The van der Waals surface area contributed by atoms with Gasteiger partial charge in [0, 0.05) is 23.7 Å². The summed E-state index contributed by atoms with van der Waals surface area (Å²) in [6.45, 7) is 0. The van der Waals surface area contributed by atoms with E-state index in [1.165, 1.54) is 17.0 Å². The van der Waals surface area contributed by atoms with Crippen molar-refractivity contribution in [2.24, 2.45) is 0 Å². The van der Waals surface area contributed by atoms with E-state index in [2.05, 4.69) is 15.4 Å². The average Bonchev–Trinajstić information content (AvgIpc) is 3.26. The van der Waals surface area contributed by atoms with Gasteiger partial charge in [0.1, 0.15) is 0 Å². The molecule has 4 rings (SSSR count). The maximum atomic E-state index is 12.3. The van der Waals surface area contributed by atoms with Crippen molar-refractivity contribution < 1.29 is 4.79 Å². The number of thiophene rings is 1. The zero-order valence-electron chi connectivity index (χ0n) is 12.5. The Morgan fingerprint density at radius 2 is 2.17 bits per heavy atom. The molecule has 0 spiro atoms. The summed E-state index contributed by atoms with van der Waals surface area (Å²) in [6.07, 6.45) is 8.38. The first-order chi connectivity index (χ1) is 11.3. The van der Waals surface area contributed by atoms with Crippen molar-refractivity contribution in [2.75, 3.05) is 0 Å². The third kappa shape index (κ3) is 2.66. The number of carbonyl (C=O) groups is 1. The Balaban J connectivity index is 1.62. The minimum absolute atomic E-state index is 0.00508. The lowest BCUT2D eigenvalue weighted by atomic mass is 9.93. The molecule has 1 N–H and O–H groups in total. The second kappa shape index (κ2) is 5.96. The molecule has 1 atom stereocenters. The van der Waals surface area contributed by atoms with Crippen LogP contribution in [0.5, 0.6) is 0 Å². The summed E-state index contributed by atoms with van der Waals surface area (Å²) in [6, 6.07) is 7.67. The van der Waals surface area contributed by atoms with E-state index in [-0.39, 0.29) is 11.9 Å². The van der Waals surface area contributed by atoms with Crippen LogP contribution in [-0.2, 0) is 6.42 Å². The fraction of sp³-hybridized carbons (Fsp3) is 0.235. The van der Waals surface area contributed by atoms with E-state index in [1.807, 2.05) is 40.5 Å². The van der Waals surface area contributed by atoms with Gasteiger partial charge in [-0.1, -0.05) is 6.07 Å². The summed E-state index contributed by atoms with van der Waals surface area (Å²) in [5.74, 6) is -0.00508. The highest BCUT2D eigenvalue weighted by molar-refractivity contribution is 7.12. The van der Waals surface area contributed by atoms with E-state index in [0.717, 1.165) is 35.4 Å². The maximum absolute atomic E-state index is 12.3. The second-order valence-electron chi connectivity index (χ2n) is 5.56. The largest absolute Gasteiger partial charge is 0.344 e. The van der Waals surface area contributed by atoms with E-state index >= 15 is 0 Å². The number of amides is 1. The van der Waals surface area contributed by atoms with Crippen LogP contribution in [0.2, 0.25) is 0 Å². The van der Waals surface area contributed by atoms with E-state index in [4.69, 9.17) is 0 Å². The van der Waals surface area contributed by atoms with Gasteiger partial charge in [0.25, 0.3) is 5.91 Å². The van der Waals surface area contributed by atoms with Gasteiger partial charge in [0.15, 0.2) is 0 Å². The molecule has 0 fully saturated rings. The first-order valence-corrected chi connectivity index (χ1v) is 8.52. The number of nitrogens with zero attached hydrogens (tertiary/aromatic N) is 3. The molecular weight excluding hydrogens is 308 g/mol. The Bertz CT molecular complexity index is 811. The second-order valence-corrected chi connectivity index (χ2v) is 6.51. The highest BCUT2D eigenvalue weighted by Gasteiger charge is 2.26. The number of hydrogen-bond donors (Lipinski definition) is 1. The summed E-state index contributed by atoms with van der Waals surface area (Å²) >= 11 is 1.46. The molecule has 0 bridgehead atoms. The van der Waals surface area contributed by atoms with E-state index in [1.54, 1.807) is 12.4 Å². The van der Waals surface area contributed by atoms with Gasteiger partial charge in [-0.25, -0.2) is 4.68 Å². The van der Waals surface area contributed by atoms with Crippen LogP contribution in [-0.4, -0.2) is 20.7 Å². The SMILES string of the molecule is O=C(NC1CCCc2c1cnn2-c1ccncc1)c1cccs1.